The van der Waals surface area contributed by atoms with Crippen molar-refractivity contribution in [2.75, 3.05) is 5.32 Å². The molecule has 0 spiro atoms. The van der Waals surface area contributed by atoms with Crippen LogP contribution < -0.4 is 16.4 Å². The Bertz CT molecular complexity index is 361. The number of benzene rings is 1. The third-order valence-corrected chi connectivity index (χ3v) is 1.72. The zero-order chi connectivity index (χ0) is 11.3. The maximum absolute atomic E-state index is 10.6. The van der Waals surface area contributed by atoms with Crippen LogP contribution >= 0.6 is 12.2 Å². The maximum atomic E-state index is 10.6. The first-order valence-electron chi connectivity index (χ1n) is 4.35. The molecular formula is C10H12N3OS. The summed E-state index contributed by atoms with van der Waals surface area (Å²) < 4.78 is 0. The summed E-state index contributed by atoms with van der Waals surface area (Å²) in [6, 6.07) is 7.34. The number of hydrogen-bond donors (Lipinski definition) is 3. The minimum atomic E-state index is -0.0969. The van der Waals surface area contributed by atoms with Gasteiger partial charge in [-0.15, -0.1) is 0 Å². The molecule has 1 amide bonds. The van der Waals surface area contributed by atoms with Crippen LogP contribution in [0.4, 0.5) is 5.69 Å². The first-order chi connectivity index (χ1) is 7.08. The summed E-state index contributed by atoms with van der Waals surface area (Å²) in [5.74, 6) is -0.0969. The number of hydrogen-bond acceptors (Lipinski definition) is 2. The van der Waals surface area contributed by atoms with Crippen molar-refractivity contribution in [3.8, 4) is 0 Å². The van der Waals surface area contributed by atoms with Crippen LogP contribution in [0.15, 0.2) is 24.3 Å². The molecule has 0 aliphatic rings. The van der Waals surface area contributed by atoms with Crippen LogP contribution in [-0.4, -0.2) is 11.0 Å². The molecule has 0 bridgehead atoms. The smallest absolute Gasteiger partial charge is 0.217 e. The molecule has 0 saturated carbocycles. The van der Waals surface area contributed by atoms with E-state index in [1.165, 1.54) is 6.92 Å². The average Bonchev–Trinajstić information content (AvgIpc) is 2.16. The summed E-state index contributed by atoms with van der Waals surface area (Å²) in [5.41, 5.74) is 7.04. The lowest BCUT2D eigenvalue weighted by molar-refractivity contribution is -0.118. The van der Waals surface area contributed by atoms with E-state index >= 15 is 0 Å². The molecule has 79 valence electrons. The van der Waals surface area contributed by atoms with E-state index in [0.717, 1.165) is 11.3 Å². The third-order valence-electron chi connectivity index (χ3n) is 1.62. The Kier molecular flexibility index (Phi) is 4.05. The average molecular weight is 222 g/mol. The number of amides is 1. The molecule has 0 aromatic heterocycles. The van der Waals surface area contributed by atoms with Crippen LogP contribution in [0.2, 0.25) is 0 Å². The molecule has 1 radical (unpaired) electrons. The van der Waals surface area contributed by atoms with E-state index in [0.29, 0.717) is 0 Å². The van der Waals surface area contributed by atoms with E-state index in [1.807, 2.05) is 24.3 Å². The van der Waals surface area contributed by atoms with Crippen molar-refractivity contribution in [1.82, 2.24) is 5.32 Å². The summed E-state index contributed by atoms with van der Waals surface area (Å²) in [5, 5.41) is 5.62. The molecule has 1 aromatic rings. The zero-order valence-electron chi connectivity index (χ0n) is 8.28. The van der Waals surface area contributed by atoms with Gasteiger partial charge in [0.15, 0.2) is 5.11 Å². The Hall–Kier alpha value is -1.62. The first kappa shape index (κ1) is 11.5. The van der Waals surface area contributed by atoms with Gasteiger partial charge in [-0.25, -0.2) is 0 Å². The number of carbonyl (C=O) groups is 1. The fourth-order valence-corrected chi connectivity index (χ4v) is 1.11. The molecule has 4 N–H and O–H groups in total. The van der Waals surface area contributed by atoms with Crippen LogP contribution in [0.1, 0.15) is 12.5 Å². The molecule has 0 saturated heterocycles. The summed E-state index contributed by atoms with van der Waals surface area (Å²) in [7, 11) is 0. The molecule has 0 aliphatic heterocycles. The van der Waals surface area contributed by atoms with Gasteiger partial charge in [-0.2, -0.15) is 0 Å². The van der Waals surface area contributed by atoms with Crippen molar-refractivity contribution in [2.24, 2.45) is 5.73 Å². The third kappa shape index (κ3) is 4.42. The molecule has 4 nitrogen and oxygen atoms in total. The maximum Gasteiger partial charge on any atom is 0.217 e. The molecule has 1 aromatic carbocycles. The van der Waals surface area contributed by atoms with Gasteiger partial charge < -0.3 is 16.4 Å². The number of carbonyl (C=O) groups excluding carboxylic acids is 1. The van der Waals surface area contributed by atoms with Crippen molar-refractivity contribution in [3.63, 3.8) is 0 Å². The molecule has 0 heterocycles. The molecule has 0 aliphatic carbocycles. The van der Waals surface area contributed by atoms with Gasteiger partial charge in [-0.05, 0) is 29.9 Å². The topological polar surface area (TPSA) is 67.2 Å². The minimum Gasteiger partial charge on any atom is -0.376 e. The van der Waals surface area contributed by atoms with Gasteiger partial charge in [0.1, 0.15) is 0 Å². The van der Waals surface area contributed by atoms with Gasteiger partial charge in [0.25, 0.3) is 0 Å². The normalized spacial score (nSPS) is 9.40. The van der Waals surface area contributed by atoms with Gasteiger partial charge in [0, 0.05) is 12.6 Å². The van der Waals surface area contributed by atoms with Gasteiger partial charge in [-0.3, -0.25) is 4.79 Å². The minimum absolute atomic E-state index is 0.0969. The van der Waals surface area contributed by atoms with E-state index < -0.39 is 0 Å². The van der Waals surface area contributed by atoms with E-state index in [4.69, 9.17) is 18.0 Å². The predicted molar refractivity (Wildman–Crippen MR) is 64.1 cm³/mol. The van der Waals surface area contributed by atoms with Crippen molar-refractivity contribution >= 4 is 28.9 Å². The molecule has 5 heteroatoms. The summed E-state index contributed by atoms with van der Waals surface area (Å²) in [6.45, 7) is 3.09. The lowest BCUT2D eigenvalue weighted by Crippen LogP contribution is -2.19. The Labute approximate surface area is 93.9 Å². The van der Waals surface area contributed by atoms with Crippen LogP contribution in [0.25, 0.3) is 0 Å². The van der Waals surface area contributed by atoms with E-state index in [9.17, 15) is 4.79 Å². The van der Waals surface area contributed by atoms with E-state index in [1.54, 1.807) is 6.54 Å². The van der Waals surface area contributed by atoms with Crippen molar-refractivity contribution in [3.05, 3.63) is 36.4 Å². The second-order valence-corrected chi connectivity index (χ2v) is 3.40. The second kappa shape index (κ2) is 5.31. The fourth-order valence-electron chi connectivity index (χ4n) is 0.990. The van der Waals surface area contributed by atoms with Gasteiger partial charge in [-0.1, -0.05) is 12.1 Å². The monoisotopic (exact) mass is 222 g/mol. The SMILES string of the molecule is CC(=O)N[CH]c1ccc(NC(N)=S)cc1. The molecule has 0 fully saturated rings. The molecule has 1 rings (SSSR count). The van der Waals surface area contributed by atoms with Crippen molar-refractivity contribution in [2.45, 2.75) is 6.92 Å². The fraction of sp³-hybridized carbons (Fsp3) is 0.100. The highest BCUT2D eigenvalue weighted by Gasteiger charge is 1.96. The van der Waals surface area contributed by atoms with Gasteiger partial charge >= 0.3 is 0 Å². The number of thiocarbonyl (C=S) groups is 1. The quantitative estimate of drug-likeness (QED) is 0.667. The van der Waals surface area contributed by atoms with Crippen LogP contribution in [-0.2, 0) is 4.79 Å². The van der Waals surface area contributed by atoms with Gasteiger partial charge in [0.2, 0.25) is 5.91 Å². The van der Waals surface area contributed by atoms with Crippen molar-refractivity contribution < 1.29 is 4.79 Å². The van der Waals surface area contributed by atoms with Crippen LogP contribution in [0.5, 0.6) is 0 Å². The molecule has 0 unspecified atom stereocenters. The Morgan fingerprint density at radius 3 is 2.47 bits per heavy atom. The van der Waals surface area contributed by atoms with Crippen LogP contribution in [0.3, 0.4) is 0 Å². The lowest BCUT2D eigenvalue weighted by Gasteiger charge is -2.05. The number of nitrogens with two attached hydrogens (primary N) is 1. The Morgan fingerprint density at radius 2 is 2.00 bits per heavy atom. The molecular weight excluding hydrogens is 210 g/mol. The predicted octanol–water partition coefficient (Wildman–Crippen LogP) is 0.988. The second-order valence-electron chi connectivity index (χ2n) is 2.96. The lowest BCUT2D eigenvalue weighted by atomic mass is 10.2. The number of anilines is 1. The highest BCUT2D eigenvalue weighted by Crippen LogP contribution is 2.09. The first-order valence-corrected chi connectivity index (χ1v) is 4.75. The highest BCUT2D eigenvalue weighted by molar-refractivity contribution is 7.80. The number of rotatable bonds is 3. The summed E-state index contributed by atoms with van der Waals surface area (Å²) >= 11 is 4.70. The zero-order valence-corrected chi connectivity index (χ0v) is 9.10. The van der Waals surface area contributed by atoms with Crippen LogP contribution in [0, 0.1) is 6.54 Å². The standard InChI is InChI=1S/C10H12N3OS/c1-7(14)12-6-8-2-4-9(5-3-8)13-10(11)15/h2-6H,1H3,(H,12,14)(H3,11,13,15). The Balaban J connectivity index is 2.56. The number of nitrogens with one attached hydrogen (secondary N) is 2. The van der Waals surface area contributed by atoms with Crippen molar-refractivity contribution in [1.29, 1.82) is 0 Å². The van der Waals surface area contributed by atoms with Gasteiger partial charge in [0.05, 0.1) is 6.54 Å². The molecule has 0 atom stereocenters. The molecule has 15 heavy (non-hydrogen) atoms. The van der Waals surface area contributed by atoms with E-state index in [-0.39, 0.29) is 11.0 Å². The Morgan fingerprint density at radius 1 is 1.40 bits per heavy atom. The van der Waals surface area contributed by atoms with E-state index in [2.05, 4.69) is 10.6 Å². The summed E-state index contributed by atoms with van der Waals surface area (Å²) in [6.07, 6.45) is 0. The largest absolute Gasteiger partial charge is 0.376 e. The highest BCUT2D eigenvalue weighted by atomic mass is 32.1. The summed E-state index contributed by atoms with van der Waals surface area (Å²) in [4.78, 5) is 10.6.